The molecule has 1 aliphatic heterocycles. The fourth-order valence-corrected chi connectivity index (χ4v) is 1.23. The number of nitrogens with zero attached hydrogens (tertiary/aromatic N) is 1. The van der Waals surface area contributed by atoms with Gasteiger partial charge >= 0.3 is 0 Å². The number of hydrogen-bond acceptors (Lipinski definition) is 1. The average molecular weight is 113 g/mol. The van der Waals surface area contributed by atoms with Gasteiger partial charge in [-0.1, -0.05) is 7.92 Å². The van der Waals surface area contributed by atoms with Gasteiger partial charge in [0.2, 0.25) is 0 Å². The quantitative estimate of drug-likeness (QED) is 0.423. The summed E-state index contributed by atoms with van der Waals surface area (Å²) in [7, 11) is 0.178. The first-order valence-electron chi connectivity index (χ1n) is 2.28. The third-order valence-electron chi connectivity index (χ3n) is 0.882. The van der Waals surface area contributed by atoms with E-state index in [2.05, 4.69) is 17.5 Å². The van der Waals surface area contributed by atoms with E-state index in [4.69, 9.17) is 0 Å². The van der Waals surface area contributed by atoms with E-state index in [9.17, 15) is 0 Å². The summed E-state index contributed by atoms with van der Waals surface area (Å²) in [6.07, 6.45) is 5.03. The smallest absolute Gasteiger partial charge is 0.0268 e. The molecule has 1 nitrogen and oxygen atoms in total. The van der Waals surface area contributed by atoms with Gasteiger partial charge in [0.15, 0.2) is 0 Å². The first kappa shape index (κ1) is 4.99. The number of hydrogen-bond donors (Lipinski definition) is 0. The highest BCUT2D eigenvalue weighted by atomic mass is 31.1. The Hall–Kier alpha value is -0.160. The van der Waals surface area contributed by atoms with Crippen LogP contribution in [0.4, 0.5) is 0 Å². The molecule has 1 aliphatic rings. The molecule has 0 saturated heterocycles. The predicted octanol–water partition coefficient (Wildman–Crippen LogP) is 1.65. The minimum atomic E-state index is 0.178. The molecule has 0 aliphatic carbocycles. The fraction of sp³-hybridized carbons (Fsp3) is 0.400. The molecule has 1 rings (SSSR count). The molecule has 0 aromatic rings. The van der Waals surface area contributed by atoms with Crippen LogP contribution in [0.3, 0.4) is 0 Å². The van der Waals surface area contributed by atoms with Crippen molar-refractivity contribution in [3.05, 3.63) is 12.0 Å². The lowest BCUT2D eigenvalue weighted by atomic mass is 10.8. The molecule has 0 spiro atoms. The van der Waals surface area contributed by atoms with Gasteiger partial charge in [-0.15, -0.1) is 0 Å². The Morgan fingerprint density at radius 1 is 1.71 bits per heavy atom. The monoisotopic (exact) mass is 113 g/mol. The minimum Gasteiger partial charge on any atom is -0.269 e. The van der Waals surface area contributed by atoms with Crippen LogP contribution >= 0.6 is 7.92 Å². The van der Waals surface area contributed by atoms with E-state index in [1.54, 1.807) is 0 Å². The van der Waals surface area contributed by atoms with E-state index < -0.39 is 0 Å². The van der Waals surface area contributed by atoms with Crippen LogP contribution in [0.5, 0.6) is 0 Å². The van der Waals surface area contributed by atoms with Crippen LogP contribution < -0.4 is 0 Å². The Morgan fingerprint density at radius 3 is 2.86 bits per heavy atom. The highest BCUT2D eigenvalue weighted by Crippen LogP contribution is 2.31. The second kappa shape index (κ2) is 2.23. The first-order valence-corrected chi connectivity index (χ1v) is 4.32. The summed E-state index contributed by atoms with van der Waals surface area (Å²) in [4.78, 5) is 3.94. The summed E-state index contributed by atoms with van der Waals surface area (Å²) >= 11 is 0. The zero-order valence-corrected chi connectivity index (χ0v) is 5.23. The van der Waals surface area contributed by atoms with Crippen LogP contribution in [0.25, 0.3) is 0 Å². The van der Waals surface area contributed by atoms with E-state index in [1.807, 2.05) is 12.4 Å². The van der Waals surface area contributed by atoms with E-state index >= 15 is 0 Å². The zero-order valence-electron chi connectivity index (χ0n) is 4.33. The van der Waals surface area contributed by atoms with Crippen LogP contribution in [-0.4, -0.2) is 19.0 Å². The third-order valence-corrected chi connectivity index (χ3v) is 2.26. The molecule has 2 heteroatoms. The molecule has 38 valence electrons. The molecule has 7 heavy (non-hydrogen) atoms. The Bertz CT molecular complexity index is 107. The van der Waals surface area contributed by atoms with Gasteiger partial charge in [0.05, 0.1) is 0 Å². The lowest BCUT2D eigenvalue weighted by molar-refractivity contribution is 1.57. The highest BCUT2D eigenvalue weighted by molar-refractivity contribution is 7.60. The summed E-state index contributed by atoms with van der Waals surface area (Å²) < 4.78 is 0. The second-order valence-electron chi connectivity index (χ2n) is 1.57. The maximum Gasteiger partial charge on any atom is 0.0268 e. The van der Waals surface area contributed by atoms with Crippen molar-refractivity contribution < 1.29 is 0 Å². The summed E-state index contributed by atoms with van der Waals surface area (Å²) in [6.45, 7) is 2.25. The van der Waals surface area contributed by atoms with Gasteiger partial charge in [-0.05, 0) is 12.5 Å². The van der Waals surface area contributed by atoms with Crippen molar-refractivity contribution in [1.82, 2.24) is 0 Å². The first-order chi connectivity index (χ1) is 3.39. The van der Waals surface area contributed by atoms with E-state index in [-0.39, 0.29) is 7.92 Å². The van der Waals surface area contributed by atoms with Gasteiger partial charge < -0.3 is 0 Å². The lowest BCUT2D eigenvalue weighted by Crippen LogP contribution is -1.83. The van der Waals surface area contributed by atoms with Crippen molar-refractivity contribution in [2.75, 3.05) is 12.8 Å². The van der Waals surface area contributed by atoms with Crippen molar-refractivity contribution in [3.8, 4) is 0 Å². The summed E-state index contributed by atoms with van der Waals surface area (Å²) in [6, 6.07) is 0. The second-order valence-corrected chi connectivity index (χ2v) is 3.75. The normalized spacial score (nSPS) is 28.4. The molecule has 1 unspecified atom stereocenters. The van der Waals surface area contributed by atoms with Crippen molar-refractivity contribution in [1.29, 1.82) is 0 Å². The Kier molecular flexibility index (Phi) is 1.59. The van der Waals surface area contributed by atoms with Gasteiger partial charge in [-0.3, -0.25) is 4.99 Å². The highest BCUT2D eigenvalue weighted by Gasteiger charge is 1.93. The minimum absolute atomic E-state index is 0.178. The van der Waals surface area contributed by atoms with Crippen molar-refractivity contribution in [2.24, 2.45) is 4.99 Å². The Balaban J connectivity index is 2.49. The standard InChI is InChI=1S/C5H8NP/c1-7-4-2-6-3-5-7/h2-4H,5H2,1H3. The van der Waals surface area contributed by atoms with E-state index in [0.29, 0.717) is 0 Å². The third kappa shape index (κ3) is 1.40. The zero-order chi connectivity index (χ0) is 5.11. The van der Waals surface area contributed by atoms with Gasteiger partial charge in [-0.25, -0.2) is 0 Å². The fourth-order valence-electron chi connectivity index (χ4n) is 0.450. The molecule has 1 atom stereocenters. The van der Waals surface area contributed by atoms with E-state index in [0.717, 1.165) is 0 Å². The summed E-state index contributed by atoms with van der Waals surface area (Å²) in [5.74, 6) is 2.18. The number of aliphatic imine (C=N–C) groups is 1. The van der Waals surface area contributed by atoms with Gasteiger partial charge in [0.1, 0.15) is 0 Å². The molecule has 0 radical (unpaired) electrons. The van der Waals surface area contributed by atoms with E-state index in [1.165, 1.54) is 6.16 Å². The largest absolute Gasteiger partial charge is 0.269 e. The van der Waals surface area contributed by atoms with Crippen LogP contribution in [0.2, 0.25) is 0 Å². The molecule has 0 aromatic carbocycles. The SMILES string of the molecule is CP1C=CN=CC1. The van der Waals surface area contributed by atoms with Crippen LogP contribution in [0.15, 0.2) is 17.0 Å². The maximum absolute atomic E-state index is 3.94. The average Bonchev–Trinajstić information content (AvgIpc) is 1.69. The summed E-state index contributed by atoms with van der Waals surface area (Å²) in [5, 5.41) is 0. The van der Waals surface area contributed by atoms with Crippen LogP contribution in [-0.2, 0) is 0 Å². The molecular weight excluding hydrogens is 105 g/mol. The Morgan fingerprint density at radius 2 is 2.57 bits per heavy atom. The molecule has 0 bridgehead atoms. The predicted molar refractivity (Wildman–Crippen MR) is 35.3 cm³/mol. The van der Waals surface area contributed by atoms with Crippen molar-refractivity contribution >= 4 is 14.1 Å². The molecular formula is C5H8NP. The maximum atomic E-state index is 3.94. The molecule has 0 amide bonds. The van der Waals surface area contributed by atoms with Crippen LogP contribution in [0, 0.1) is 0 Å². The molecule has 0 saturated carbocycles. The van der Waals surface area contributed by atoms with Gasteiger partial charge in [0, 0.05) is 18.6 Å². The lowest BCUT2D eigenvalue weighted by Gasteiger charge is -2.02. The topological polar surface area (TPSA) is 12.4 Å². The molecule has 1 heterocycles. The summed E-state index contributed by atoms with van der Waals surface area (Å²) in [5.41, 5.74) is 0. The molecule has 0 fully saturated rings. The van der Waals surface area contributed by atoms with Crippen molar-refractivity contribution in [3.63, 3.8) is 0 Å². The van der Waals surface area contributed by atoms with Gasteiger partial charge in [0.25, 0.3) is 0 Å². The van der Waals surface area contributed by atoms with Crippen LogP contribution in [0.1, 0.15) is 0 Å². The molecule has 0 aromatic heterocycles. The molecule has 0 N–H and O–H groups in total. The number of rotatable bonds is 0. The van der Waals surface area contributed by atoms with Gasteiger partial charge in [-0.2, -0.15) is 0 Å². The van der Waals surface area contributed by atoms with Crippen molar-refractivity contribution in [2.45, 2.75) is 0 Å². The Labute approximate surface area is 44.9 Å².